The monoisotopic (exact) mass is 360 g/mol. The first-order chi connectivity index (χ1) is 12.6. The van der Waals surface area contributed by atoms with Crippen molar-refractivity contribution in [1.82, 2.24) is 10.6 Å². The SMILES string of the molecule is O=C(NCc1cc(F)c2oc(C3CCCCC3)cc2c1)C1NCCC1O. The summed E-state index contributed by atoms with van der Waals surface area (Å²) in [5.41, 5.74) is 0.986. The van der Waals surface area contributed by atoms with Gasteiger partial charge in [-0.15, -0.1) is 0 Å². The third kappa shape index (κ3) is 3.48. The van der Waals surface area contributed by atoms with Gasteiger partial charge in [0, 0.05) is 17.8 Å². The maximum Gasteiger partial charge on any atom is 0.240 e. The summed E-state index contributed by atoms with van der Waals surface area (Å²) in [6, 6.07) is 4.64. The van der Waals surface area contributed by atoms with Crippen LogP contribution in [-0.4, -0.2) is 29.7 Å². The van der Waals surface area contributed by atoms with Crippen LogP contribution in [0.1, 0.15) is 55.8 Å². The van der Waals surface area contributed by atoms with Crippen LogP contribution in [0.3, 0.4) is 0 Å². The van der Waals surface area contributed by atoms with Crippen LogP contribution in [-0.2, 0) is 11.3 Å². The molecule has 0 radical (unpaired) electrons. The predicted molar refractivity (Wildman–Crippen MR) is 96.3 cm³/mol. The highest BCUT2D eigenvalue weighted by molar-refractivity contribution is 5.83. The van der Waals surface area contributed by atoms with E-state index >= 15 is 0 Å². The van der Waals surface area contributed by atoms with Crippen molar-refractivity contribution in [2.24, 2.45) is 0 Å². The summed E-state index contributed by atoms with van der Waals surface area (Å²) in [4.78, 5) is 12.1. The van der Waals surface area contributed by atoms with Gasteiger partial charge in [-0.05, 0) is 49.6 Å². The molecule has 1 saturated heterocycles. The molecule has 1 aliphatic carbocycles. The Morgan fingerprint density at radius 1 is 1.23 bits per heavy atom. The van der Waals surface area contributed by atoms with Crippen molar-refractivity contribution in [1.29, 1.82) is 0 Å². The topological polar surface area (TPSA) is 74.5 Å². The molecule has 1 aromatic carbocycles. The van der Waals surface area contributed by atoms with Crippen molar-refractivity contribution in [2.75, 3.05) is 6.54 Å². The van der Waals surface area contributed by atoms with Crippen LogP contribution in [0.5, 0.6) is 0 Å². The normalized spacial score (nSPS) is 24.2. The highest BCUT2D eigenvalue weighted by Crippen LogP contribution is 2.36. The van der Waals surface area contributed by atoms with Gasteiger partial charge < -0.3 is 20.2 Å². The number of aliphatic hydroxyl groups is 1. The zero-order valence-corrected chi connectivity index (χ0v) is 14.8. The molecule has 2 aliphatic rings. The maximum atomic E-state index is 14.5. The van der Waals surface area contributed by atoms with Crippen molar-refractivity contribution >= 4 is 16.9 Å². The van der Waals surface area contributed by atoms with Crippen LogP contribution in [0, 0.1) is 5.82 Å². The molecular weight excluding hydrogens is 335 g/mol. The lowest BCUT2D eigenvalue weighted by Crippen LogP contribution is -2.45. The lowest BCUT2D eigenvalue weighted by molar-refractivity contribution is -0.124. The standard InChI is InChI=1S/C20H25FN2O3/c21-15-9-12(11-23-20(25)18-16(24)6-7-22-18)8-14-10-17(26-19(14)15)13-4-2-1-3-5-13/h8-10,13,16,18,22,24H,1-7,11H2,(H,23,25). The van der Waals surface area contributed by atoms with E-state index in [1.165, 1.54) is 25.3 Å². The number of aliphatic hydroxyl groups excluding tert-OH is 1. The predicted octanol–water partition coefficient (Wildman–Crippen LogP) is 2.96. The summed E-state index contributed by atoms with van der Waals surface area (Å²) in [6.07, 6.45) is 5.76. The molecule has 0 spiro atoms. The molecular formula is C20H25FN2O3. The van der Waals surface area contributed by atoms with Gasteiger partial charge in [-0.3, -0.25) is 4.79 Å². The van der Waals surface area contributed by atoms with E-state index in [9.17, 15) is 14.3 Å². The first kappa shape index (κ1) is 17.5. The van der Waals surface area contributed by atoms with Crippen molar-refractivity contribution < 1.29 is 18.7 Å². The molecule has 26 heavy (non-hydrogen) atoms. The number of nitrogens with one attached hydrogen (secondary N) is 2. The van der Waals surface area contributed by atoms with Crippen molar-refractivity contribution in [2.45, 2.75) is 63.1 Å². The van der Waals surface area contributed by atoms with Gasteiger partial charge in [-0.25, -0.2) is 4.39 Å². The summed E-state index contributed by atoms with van der Waals surface area (Å²) in [5.74, 6) is 0.602. The summed E-state index contributed by atoms with van der Waals surface area (Å²) in [6.45, 7) is 0.847. The molecule has 1 saturated carbocycles. The third-order valence-electron chi connectivity index (χ3n) is 5.60. The molecule has 2 aromatic rings. The second-order valence-corrected chi connectivity index (χ2v) is 7.49. The minimum atomic E-state index is -0.666. The number of hydrogen-bond acceptors (Lipinski definition) is 4. The van der Waals surface area contributed by atoms with Gasteiger partial charge >= 0.3 is 0 Å². The van der Waals surface area contributed by atoms with Gasteiger partial charge in [-0.1, -0.05) is 19.3 Å². The quantitative estimate of drug-likeness (QED) is 0.784. The van der Waals surface area contributed by atoms with E-state index in [2.05, 4.69) is 10.6 Å². The van der Waals surface area contributed by atoms with Gasteiger partial charge in [0.05, 0.1) is 6.10 Å². The fourth-order valence-electron chi connectivity index (χ4n) is 4.13. The molecule has 1 aliphatic heterocycles. The maximum absolute atomic E-state index is 14.5. The Hall–Kier alpha value is -1.92. The van der Waals surface area contributed by atoms with Crippen molar-refractivity contribution in [3.8, 4) is 0 Å². The first-order valence-corrected chi connectivity index (χ1v) is 9.53. The van der Waals surface area contributed by atoms with E-state index < -0.39 is 18.0 Å². The number of carbonyl (C=O) groups is 1. The van der Waals surface area contributed by atoms with Crippen LogP contribution in [0.4, 0.5) is 4.39 Å². The third-order valence-corrected chi connectivity index (χ3v) is 5.60. The van der Waals surface area contributed by atoms with Crippen LogP contribution in [0.25, 0.3) is 11.0 Å². The number of carbonyl (C=O) groups excluding carboxylic acids is 1. The summed E-state index contributed by atoms with van der Waals surface area (Å²) in [5, 5.41) is 16.3. The summed E-state index contributed by atoms with van der Waals surface area (Å²) in [7, 11) is 0. The number of fused-ring (bicyclic) bond motifs is 1. The average molecular weight is 360 g/mol. The van der Waals surface area contributed by atoms with Crippen LogP contribution >= 0.6 is 0 Å². The van der Waals surface area contributed by atoms with Crippen LogP contribution in [0.2, 0.25) is 0 Å². The summed E-state index contributed by atoms with van der Waals surface area (Å²) >= 11 is 0. The molecule has 2 fully saturated rings. The van der Waals surface area contributed by atoms with Gasteiger partial charge in [0.15, 0.2) is 11.4 Å². The minimum Gasteiger partial charge on any atom is -0.458 e. The lowest BCUT2D eigenvalue weighted by atomic mass is 9.87. The minimum absolute atomic E-state index is 0.223. The number of rotatable bonds is 4. The number of amides is 1. The Labute approximate surface area is 151 Å². The largest absolute Gasteiger partial charge is 0.458 e. The van der Waals surface area contributed by atoms with E-state index in [0.717, 1.165) is 24.0 Å². The average Bonchev–Trinajstić information content (AvgIpc) is 3.27. The van der Waals surface area contributed by atoms with Gasteiger partial charge in [0.25, 0.3) is 0 Å². The Balaban J connectivity index is 1.48. The number of halogens is 1. The van der Waals surface area contributed by atoms with Crippen LogP contribution < -0.4 is 10.6 Å². The Morgan fingerprint density at radius 2 is 2.04 bits per heavy atom. The molecule has 140 valence electrons. The highest BCUT2D eigenvalue weighted by atomic mass is 19.1. The van der Waals surface area contributed by atoms with E-state index in [0.29, 0.717) is 30.0 Å². The number of benzene rings is 1. The molecule has 6 heteroatoms. The van der Waals surface area contributed by atoms with Gasteiger partial charge in [-0.2, -0.15) is 0 Å². The Bertz CT molecular complexity index is 798. The van der Waals surface area contributed by atoms with Gasteiger partial charge in [0.1, 0.15) is 11.8 Å². The lowest BCUT2D eigenvalue weighted by Gasteiger charge is -2.18. The zero-order valence-electron chi connectivity index (χ0n) is 14.8. The molecule has 0 bridgehead atoms. The second-order valence-electron chi connectivity index (χ2n) is 7.49. The van der Waals surface area contributed by atoms with E-state index in [-0.39, 0.29) is 12.5 Å². The first-order valence-electron chi connectivity index (χ1n) is 9.53. The second kappa shape index (κ2) is 7.37. The molecule has 3 N–H and O–H groups in total. The van der Waals surface area contributed by atoms with E-state index in [1.807, 2.05) is 12.1 Å². The fraction of sp³-hybridized carbons (Fsp3) is 0.550. The molecule has 4 rings (SSSR count). The van der Waals surface area contributed by atoms with Crippen molar-refractivity contribution in [3.05, 3.63) is 35.3 Å². The Morgan fingerprint density at radius 3 is 2.77 bits per heavy atom. The van der Waals surface area contributed by atoms with Gasteiger partial charge in [0.2, 0.25) is 5.91 Å². The van der Waals surface area contributed by atoms with Crippen LogP contribution in [0.15, 0.2) is 22.6 Å². The smallest absolute Gasteiger partial charge is 0.240 e. The molecule has 2 heterocycles. The number of furan rings is 1. The van der Waals surface area contributed by atoms with E-state index in [4.69, 9.17) is 4.42 Å². The molecule has 5 nitrogen and oxygen atoms in total. The number of hydrogen-bond donors (Lipinski definition) is 3. The molecule has 2 unspecified atom stereocenters. The highest BCUT2D eigenvalue weighted by Gasteiger charge is 2.30. The Kier molecular flexibility index (Phi) is 4.96. The fourth-order valence-corrected chi connectivity index (χ4v) is 4.13. The van der Waals surface area contributed by atoms with E-state index in [1.54, 1.807) is 0 Å². The summed E-state index contributed by atoms with van der Waals surface area (Å²) < 4.78 is 20.3. The molecule has 1 amide bonds. The van der Waals surface area contributed by atoms with Crippen molar-refractivity contribution in [3.63, 3.8) is 0 Å². The molecule has 2 atom stereocenters. The molecule has 1 aromatic heterocycles. The zero-order chi connectivity index (χ0) is 18.1.